The van der Waals surface area contributed by atoms with Crippen molar-refractivity contribution in [2.45, 2.75) is 11.1 Å². The van der Waals surface area contributed by atoms with Gasteiger partial charge in [-0.15, -0.1) is 0 Å². The Bertz CT molecular complexity index is 617. The van der Waals surface area contributed by atoms with E-state index < -0.39 is 35.2 Å². The number of benzene rings is 1. The fourth-order valence-corrected chi connectivity index (χ4v) is 2.58. The number of carbonyl (C=O) groups excluding carboxylic acids is 1. The van der Waals surface area contributed by atoms with Gasteiger partial charge in [0.1, 0.15) is 6.54 Å². The largest absolute Gasteiger partial charge is 0.405 e. The Morgan fingerprint density at radius 3 is 2.52 bits per heavy atom. The Kier molecular flexibility index (Phi) is 5.18. The van der Waals surface area contributed by atoms with Crippen molar-refractivity contribution in [3.63, 3.8) is 0 Å². The number of nitrogens with zero attached hydrogens (tertiary/aromatic N) is 1. The van der Waals surface area contributed by atoms with Crippen LogP contribution >= 0.6 is 0 Å². The monoisotopic (exact) mass is 325 g/mol. The highest BCUT2D eigenvalue weighted by atomic mass is 32.2. The summed E-state index contributed by atoms with van der Waals surface area (Å²) in [5.74, 6) is -1.05. The molecule has 0 saturated carbocycles. The molecule has 0 fully saturated rings. The summed E-state index contributed by atoms with van der Waals surface area (Å²) in [4.78, 5) is 11.2. The number of sulfonamides is 1. The molecule has 1 aromatic carbocycles. The summed E-state index contributed by atoms with van der Waals surface area (Å²) in [5.41, 5.74) is 5.68. The molecule has 21 heavy (non-hydrogen) atoms. The number of amides is 1. The van der Waals surface area contributed by atoms with Crippen LogP contribution < -0.4 is 11.1 Å². The molecule has 0 bridgehead atoms. The topological polar surface area (TPSA) is 92.5 Å². The van der Waals surface area contributed by atoms with Crippen molar-refractivity contribution in [3.05, 3.63) is 24.3 Å². The summed E-state index contributed by atoms with van der Waals surface area (Å²) in [6, 6.07) is 5.37. The molecule has 0 saturated heterocycles. The third-order valence-electron chi connectivity index (χ3n) is 2.42. The smallest absolute Gasteiger partial charge is 0.399 e. The van der Waals surface area contributed by atoms with Crippen LogP contribution in [0.25, 0.3) is 0 Å². The normalized spacial score (nSPS) is 12.4. The molecular weight excluding hydrogens is 311 g/mol. The van der Waals surface area contributed by atoms with Gasteiger partial charge in [0.15, 0.2) is 0 Å². The number of nitrogens with one attached hydrogen (secondary N) is 1. The van der Waals surface area contributed by atoms with E-state index in [1.165, 1.54) is 24.3 Å². The van der Waals surface area contributed by atoms with Gasteiger partial charge in [-0.25, -0.2) is 8.42 Å². The van der Waals surface area contributed by atoms with Crippen LogP contribution in [0.4, 0.5) is 18.9 Å². The average molecular weight is 325 g/mol. The number of halogens is 3. The minimum Gasteiger partial charge on any atom is -0.399 e. The van der Waals surface area contributed by atoms with Gasteiger partial charge in [-0.3, -0.25) is 4.79 Å². The van der Waals surface area contributed by atoms with E-state index in [0.29, 0.717) is 4.31 Å². The molecular formula is C11H14F3N3O3S. The maximum Gasteiger partial charge on any atom is 0.405 e. The first kappa shape index (κ1) is 17.2. The summed E-state index contributed by atoms with van der Waals surface area (Å²) in [6.07, 6.45) is -4.55. The van der Waals surface area contributed by atoms with Crippen LogP contribution in [-0.2, 0) is 14.8 Å². The first-order valence-corrected chi connectivity index (χ1v) is 7.12. The van der Waals surface area contributed by atoms with Crippen LogP contribution in [0.2, 0.25) is 0 Å². The fraction of sp³-hybridized carbons (Fsp3) is 0.364. The SMILES string of the molecule is CN(CC(=O)NCC(F)(F)F)S(=O)(=O)c1cccc(N)c1. The molecule has 0 heterocycles. The Labute approximate surface area is 119 Å². The molecule has 1 amide bonds. The molecule has 0 aliphatic heterocycles. The van der Waals surface area contributed by atoms with Gasteiger partial charge in [0.25, 0.3) is 0 Å². The van der Waals surface area contributed by atoms with E-state index in [9.17, 15) is 26.4 Å². The first-order chi connectivity index (χ1) is 9.52. The lowest BCUT2D eigenvalue weighted by molar-refractivity contribution is -0.138. The number of carbonyl (C=O) groups is 1. The van der Waals surface area contributed by atoms with Crippen molar-refractivity contribution >= 4 is 21.6 Å². The second-order valence-corrected chi connectivity index (χ2v) is 6.27. The molecule has 10 heteroatoms. The summed E-state index contributed by atoms with van der Waals surface area (Å²) in [7, 11) is -2.91. The molecule has 0 aliphatic carbocycles. The Balaban J connectivity index is 2.74. The zero-order chi connectivity index (χ0) is 16.3. The van der Waals surface area contributed by atoms with Gasteiger partial charge in [0, 0.05) is 12.7 Å². The van der Waals surface area contributed by atoms with Gasteiger partial charge < -0.3 is 11.1 Å². The van der Waals surface area contributed by atoms with Gasteiger partial charge in [-0.1, -0.05) is 6.07 Å². The maximum absolute atomic E-state index is 12.1. The van der Waals surface area contributed by atoms with Crippen molar-refractivity contribution in [1.29, 1.82) is 0 Å². The predicted molar refractivity (Wildman–Crippen MR) is 69.7 cm³/mol. The molecule has 0 radical (unpaired) electrons. The number of anilines is 1. The lowest BCUT2D eigenvalue weighted by Crippen LogP contribution is -2.41. The van der Waals surface area contributed by atoms with Crippen LogP contribution in [0, 0.1) is 0 Å². The number of nitrogen functional groups attached to an aromatic ring is 1. The third-order valence-corrected chi connectivity index (χ3v) is 4.22. The number of rotatable bonds is 5. The predicted octanol–water partition coefficient (Wildman–Crippen LogP) is 0.568. The summed E-state index contributed by atoms with van der Waals surface area (Å²) in [5, 5.41) is 1.59. The zero-order valence-corrected chi connectivity index (χ0v) is 11.8. The number of hydrogen-bond donors (Lipinski definition) is 2. The van der Waals surface area contributed by atoms with Crippen molar-refractivity contribution in [1.82, 2.24) is 9.62 Å². The number of likely N-dealkylation sites (N-methyl/N-ethyl adjacent to an activating group) is 1. The van der Waals surface area contributed by atoms with Crippen molar-refractivity contribution < 1.29 is 26.4 Å². The molecule has 1 aromatic rings. The molecule has 0 unspecified atom stereocenters. The van der Waals surface area contributed by atoms with Crippen LogP contribution in [0.15, 0.2) is 29.2 Å². The first-order valence-electron chi connectivity index (χ1n) is 5.68. The zero-order valence-electron chi connectivity index (χ0n) is 11.0. The van der Waals surface area contributed by atoms with Crippen LogP contribution in [-0.4, -0.2) is 44.9 Å². The Hall–Kier alpha value is -1.81. The minimum atomic E-state index is -4.55. The highest BCUT2D eigenvalue weighted by molar-refractivity contribution is 7.89. The van der Waals surface area contributed by atoms with Crippen molar-refractivity contribution in [3.8, 4) is 0 Å². The molecule has 0 aromatic heterocycles. The average Bonchev–Trinajstić information content (AvgIpc) is 2.35. The Morgan fingerprint density at radius 2 is 2.00 bits per heavy atom. The van der Waals surface area contributed by atoms with E-state index in [1.54, 1.807) is 5.32 Å². The number of alkyl halides is 3. The molecule has 3 N–H and O–H groups in total. The van der Waals surface area contributed by atoms with E-state index in [2.05, 4.69) is 0 Å². The highest BCUT2D eigenvalue weighted by Gasteiger charge is 2.29. The quantitative estimate of drug-likeness (QED) is 0.774. The lowest BCUT2D eigenvalue weighted by atomic mass is 10.3. The van der Waals surface area contributed by atoms with Crippen LogP contribution in [0.1, 0.15) is 0 Å². The molecule has 0 spiro atoms. The summed E-state index contributed by atoms with van der Waals surface area (Å²) >= 11 is 0. The number of nitrogens with two attached hydrogens (primary N) is 1. The minimum absolute atomic E-state index is 0.145. The van der Waals surface area contributed by atoms with Gasteiger partial charge in [0.05, 0.1) is 11.4 Å². The van der Waals surface area contributed by atoms with Gasteiger partial charge in [-0.05, 0) is 18.2 Å². The standard InChI is InChI=1S/C11H14F3N3O3S/c1-17(6-10(18)16-7-11(12,13)14)21(19,20)9-4-2-3-8(15)5-9/h2-5H,6-7,15H2,1H3,(H,16,18). The van der Waals surface area contributed by atoms with Crippen molar-refractivity contribution in [2.75, 3.05) is 25.9 Å². The van der Waals surface area contributed by atoms with Gasteiger partial charge >= 0.3 is 6.18 Å². The third kappa shape index (κ3) is 5.23. The Morgan fingerprint density at radius 1 is 1.38 bits per heavy atom. The number of hydrogen-bond acceptors (Lipinski definition) is 4. The van der Waals surface area contributed by atoms with E-state index in [4.69, 9.17) is 5.73 Å². The maximum atomic E-state index is 12.1. The fourth-order valence-electron chi connectivity index (χ4n) is 1.40. The van der Waals surface area contributed by atoms with E-state index in [1.807, 2.05) is 0 Å². The molecule has 1 rings (SSSR count). The molecule has 0 atom stereocenters. The lowest BCUT2D eigenvalue weighted by Gasteiger charge is -2.17. The molecule has 118 valence electrons. The van der Waals surface area contributed by atoms with E-state index >= 15 is 0 Å². The van der Waals surface area contributed by atoms with Gasteiger partial charge in [0.2, 0.25) is 15.9 Å². The second-order valence-electron chi connectivity index (χ2n) is 4.23. The summed E-state index contributed by atoms with van der Waals surface area (Å²) in [6.45, 7) is -2.24. The van der Waals surface area contributed by atoms with E-state index in [0.717, 1.165) is 7.05 Å². The second kappa shape index (κ2) is 6.31. The summed E-state index contributed by atoms with van der Waals surface area (Å²) < 4.78 is 60.6. The van der Waals surface area contributed by atoms with Crippen LogP contribution in [0.5, 0.6) is 0 Å². The van der Waals surface area contributed by atoms with Crippen molar-refractivity contribution in [2.24, 2.45) is 0 Å². The molecule has 0 aliphatic rings. The molecule has 6 nitrogen and oxygen atoms in total. The van der Waals surface area contributed by atoms with Crippen LogP contribution in [0.3, 0.4) is 0 Å². The van der Waals surface area contributed by atoms with E-state index in [-0.39, 0.29) is 10.6 Å². The highest BCUT2D eigenvalue weighted by Crippen LogP contribution is 2.17. The van der Waals surface area contributed by atoms with Gasteiger partial charge in [-0.2, -0.15) is 17.5 Å².